The lowest BCUT2D eigenvalue weighted by atomic mass is 10.5. The molecule has 0 atom stereocenters. The van der Waals surface area contributed by atoms with Gasteiger partial charge in [0.25, 0.3) is 5.89 Å². The molecule has 6 heteroatoms. The second-order valence-electron chi connectivity index (χ2n) is 2.01. The van der Waals surface area contributed by atoms with Gasteiger partial charge in [0.05, 0.1) is 5.51 Å². The molecule has 0 radical (unpaired) electrons. The summed E-state index contributed by atoms with van der Waals surface area (Å²) in [6.07, 6.45) is 0. The van der Waals surface area contributed by atoms with Crippen LogP contribution in [0.25, 0.3) is 11.6 Å². The number of rotatable bonds is 2. The Morgan fingerprint density at radius 3 is 3.00 bits per heavy atom. The van der Waals surface area contributed by atoms with Crippen molar-refractivity contribution in [2.75, 3.05) is 0 Å². The van der Waals surface area contributed by atoms with Crippen LogP contribution in [0.15, 0.2) is 15.3 Å². The third-order valence-corrected chi connectivity index (χ3v) is 2.05. The normalized spacial score (nSPS) is 10.4. The molecule has 0 aliphatic carbocycles. The molecule has 0 spiro atoms. The number of alkyl halides is 1. The first-order valence-electron chi connectivity index (χ1n) is 3.17. The highest BCUT2D eigenvalue weighted by atomic mass is 35.5. The molecule has 0 saturated carbocycles. The van der Waals surface area contributed by atoms with Gasteiger partial charge in [0, 0.05) is 5.38 Å². The predicted molar refractivity (Wildman–Crippen MR) is 45.0 cm³/mol. The van der Waals surface area contributed by atoms with Crippen molar-refractivity contribution in [3.8, 4) is 11.6 Å². The van der Waals surface area contributed by atoms with Gasteiger partial charge in [0.15, 0.2) is 0 Å². The van der Waals surface area contributed by atoms with Crippen molar-refractivity contribution in [2.24, 2.45) is 0 Å². The summed E-state index contributed by atoms with van der Waals surface area (Å²) in [4.78, 5) is 4.01. The molecule has 62 valence electrons. The Kier molecular flexibility index (Phi) is 2.05. The molecule has 0 amide bonds. The predicted octanol–water partition coefficient (Wildman–Crippen LogP) is 1.93. The summed E-state index contributed by atoms with van der Waals surface area (Å²) >= 11 is 6.97. The summed E-state index contributed by atoms with van der Waals surface area (Å²) < 4.78 is 5.17. The minimum atomic E-state index is 0.233. The van der Waals surface area contributed by atoms with Gasteiger partial charge in [-0.05, 0) is 0 Å². The number of aromatic nitrogens is 3. The van der Waals surface area contributed by atoms with Crippen molar-refractivity contribution in [3.63, 3.8) is 0 Å². The Labute approximate surface area is 77.2 Å². The van der Waals surface area contributed by atoms with Crippen LogP contribution in [0.1, 0.15) is 5.89 Å². The molecule has 2 rings (SSSR count). The van der Waals surface area contributed by atoms with Crippen LogP contribution in [0.3, 0.4) is 0 Å². The van der Waals surface area contributed by atoms with Crippen LogP contribution >= 0.6 is 22.9 Å². The highest BCUT2D eigenvalue weighted by Gasteiger charge is 2.08. The molecule has 0 fully saturated rings. The van der Waals surface area contributed by atoms with Gasteiger partial charge in [0.2, 0.25) is 5.89 Å². The Morgan fingerprint density at radius 1 is 1.50 bits per heavy atom. The Morgan fingerprint density at radius 2 is 2.42 bits per heavy atom. The molecule has 4 nitrogen and oxygen atoms in total. The SMILES string of the molecule is ClCc1nnc(-c2cscn2)o1. The van der Waals surface area contributed by atoms with E-state index in [4.69, 9.17) is 16.0 Å². The summed E-state index contributed by atoms with van der Waals surface area (Å²) in [7, 11) is 0. The van der Waals surface area contributed by atoms with Crippen molar-refractivity contribution in [2.45, 2.75) is 5.88 Å². The van der Waals surface area contributed by atoms with Crippen LogP contribution < -0.4 is 0 Å². The molecular weight excluding hydrogens is 198 g/mol. The molecule has 0 aliphatic heterocycles. The molecule has 0 unspecified atom stereocenters. The van der Waals surface area contributed by atoms with E-state index >= 15 is 0 Å². The number of thiazole rings is 1. The van der Waals surface area contributed by atoms with Crippen molar-refractivity contribution in [1.29, 1.82) is 0 Å². The van der Waals surface area contributed by atoms with Gasteiger partial charge < -0.3 is 4.42 Å². The fourth-order valence-corrected chi connectivity index (χ4v) is 1.36. The molecule has 0 N–H and O–H groups in total. The summed E-state index contributed by atoms with van der Waals surface area (Å²) in [6.45, 7) is 0. The number of hydrogen-bond donors (Lipinski definition) is 0. The standard InChI is InChI=1S/C6H4ClN3OS/c7-1-5-9-10-6(11-5)4-2-12-3-8-4/h2-3H,1H2. The first kappa shape index (κ1) is 7.70. The molecule has 2 heterocycles. The molecule has 2 aromatic rings. The van der Waals surface area contributed by atoms with Crippen molar-refractivity contribution in [1.82, 2.24) is 15.2 Å². The monoisotopic (exact) mass is 201 g/mol. The van der Waals surface area contributed by atoms with Crippen LogP contribution in [0.5, 0.6) is 0 Å². The quantitative estimate of drug-likeness (QED) is 0.697. The van der Waals surface area contributed by atoms with E-state index in [9.17, 15) is 0 Å². The highest BCUT2D eigenvalue weighted by Crippen LogP contribution is 2.17. The lowest BCUT2D eigenvalue weighted by molar-refractivity contribution is 0.526. The minimum absolute atomic E-state index is 0.233. The van der Waals surface area contributed by atoms with Gasteiger partial charge in [0.1, 0.15) is 11.6 Å². The zero-order chi connectivity index (χ0) is 8.39. The summed E-state index contributed by atoms with van der Waals surface area (Å²) in [5.41, 5.74) is 2.41. The molecule has 12 heavy (non-hydrogen) atoms. The van der Waals surface area contributed by atoms with Crippen LogP contribution in [-0.2, 0) is 5.88 Å². The summed E-state index contributed by atoms with van der Waals surface area (Å²) in [6, 6.07) is 0. The van der Waals surface area contributed by atoms with E-state index in [1.165, 1.54) is 11.3 Å². The van der Waals surface area contributed by atoms with Crippen molar-refractivity contribution in [3.05, 3.63) is 16.8 Å². The maximum absolute atomic E-state index is 5.49. The third-order valence-electron chi connectivity index (χ3n) is 1.23. The average molecular weight is 202 g/mol. The fourth-order valence-electron chi connectivity index (χ4n) is 0.729. The minimum Gasteiger partial charge on any atom is -0.418 e. The van der Waals surface area contributed by atoms with E-state index in [0.717, 1.165) is 0 Å². The molecule has 0 saturated heterocycles. The van der Waals surface area contributed by atoms with E-state index < -0.39 is 0 Å². The zero-order valence-electron chi connectivity index (χ0n) is 5.90. The van der Waals surface area contributed by atoms with Crippen LogP contribution in [0.4, 0.5) is 0 Å². The first-order chi connectivity index (χ1) is 5.90. The molecule has 2 aromatic heterocycles. The van der Waals surface area contributed by atoms with Gasteiger partial charge >= 0.3 is 0 Å². The van der Waals surface area contributed by atoms with Gasteiger partial charge in [-0.1, -0.05) is 0 Å². The lowest BCUT2D eigenvalue weighted by Gasteiger charge is -1.83. The molecule has 0 bridgehead atoms. The van der Waals surface area contributed by atoms with Crippen molar-refractivity contribution >= 4 is 22.9 Å². The van der Waals surface area contributed by atoms with Crippen LogP contribution in [0, 0.1) is 0 Å². The van der Waals surface area contributed by atoms with Gasteiger partial charge in [-0.3, -0.25) is 0 Å². The van der Waals surface area contributed by atoms with Gasteiger partial charge in [-0.15, -0.1) is 33.1 Å². The highest BCUT2D eigenvalue weighted by molar-refractivity contribution is 7.07. The zero-order valence-corrected chi connectivity index (χ0v) is 7.47. The van der Waals surface area contributed by atoms with Gasteiger partial charge in [-0.25, -0.2) is 4.98 Å². The smallest absolute Gasteiger partial charge is 0.267 e. The number of hydrogen-bond acceptors (Lipinski definition) is 5. The second kappa shape index (κ2) is 3.20. The van der Waals surface area contributed by atoms with E-state index in [-0.39, 0.29) is 5.88 Å². The maximum atomic E-state index is 5.49. The second-order valence-corrected chi connectivity index (χ2v) is 2.99. The summed E-state index contributed by atoms with van der Waals surface area (Å²) in [5.74, 6) is 1.07. The summed E-state index contributed by atoms with van der Waals surface area (Å²) in [5, 5.41) is 9.32. The van der Waals surface area contributed by atoms with E-state index in [0.29, 0.717) is 17.5 Å². The molecule has 0 aliphatic rings. The Balaban J connectivity index is 2.35. The van der Waals surface area contributed by atoms with E-state index in [2.05, 4.69) is 15.2 Å². The first-order valence-corrected chi connectivity index (χ1v) is 4.65. The lowest BCUT2D eigenvalue weighted by Crippen LogP contribution is -1.75. The molecule has 0 aromatic carbocycles. The van der Waals surface area contributed by atoms with E-state index in [1.54, 1.807) is 5.51 Å². The van der Waals surface area contributed by atoms with Gasteiger partial charge in [-0.2, -0.15) is 0 Å². The topological polar surface area (TPSA) is 51.8 Å². The largest absolute Gasteiger partial charge is 0.418 e. The average Bonchev–Trinajstić information content (AvgIpc) is 2.75. The number of nitrogens with zero attached hydrogens (tertiary/aromatic N) is 3. The fraction of sp³-hybridized carbons (Fsp3) is 0.167. The third kappa shape index (κ3) is 1.33. The van der Waals surface area contributed by atoms with Crippen LogP contribution in [0.2, 0.25) is 0 Å². The molecular formula is C6H4ClN3OS. The van der Waals surface area contributed by atoms with Crippen LogP contribution in [-0.4, -0.2) is 15.2 Å². The maximum Gasteiger partial charge on any atom is 0.267 e. The number of halogens is 1. The Bertz CT molecular complexity index is 359. The van der Waals surface area contributed by atoms with E-state index in [1.807, 2.05) is 5.38 Å². The Hall–Kier alpha value is -0.940. The van der Waals surface area contributed by atoms with Crippen molar-refractivity contribution < 1.29 is 4.42 Å².